The molecule has 27 nitrogen and oxygen atoms in total. The van der Waals surface area contributed by atoms with Crippen LogP contribution in [0.3, 0.4) is 0 Å². The molecule has 2 aliphatic carbocycles. The van der Waals surface area contributed by atoms with Gasteiger partial charge in [0.05, 0.1) is 26.3 Å². The van der Waals surface area contributed by atoms with Gasteiger partial charge in [0, 0.05) is 89.1 Å². The second kappa shape index (κ2) is 41.5. The van der Waals surface area contributed by atoms with Crippen LogP contribution in [0.1, 0.15) is 154 Å². The molecule has 4 aliphatic rings. The zero-order valence-electron chi connectivity index (χ0n) is 58.4. The fraction of sp³-hybridized carbons (Fsp3) is 0.486. The molecule has 4 aromatic rings. The van der Waals surface area contributed by atoms with Crippen molar-refractivity contribution in [1.29, 1.82) is 0 Å². The quantitative estimate of drug-likeness (QED) is 0.0190. The van der Waals surface area contributed by atoms with Crippen molar-refractivity contribution in [2.24, 2.45) is 17.6 Å². The Labute approximate surface area is 578 Å². The van der Waals surface area contributed by atoms with E-state index in [4.69, 9.17) is 29.5 Å². The molecule has 27 heteroatoms. The maximum Gasteiger partial charge on any atom is 0.408 e. The number of nitrogens with one attached hydrogen (secondary N) is 7. The SMILES string of the molecule is CC(=O)OCC1c2ccccc2-c2ccccc21.CC(=O)OCC1c2ccccc2-c2ccccc21.CNCC(=O)[C@@H](CCNC(=O)CNC(=O)OC(C)(C)C)CCC(=O)ON1C(=O)CCC1=O.CNCNC(=O)CNC(=O)OC(C)(C)C.NCC(=O)[C@H]1CCNC(=O)CCC(=O)CC1. The molecule has 2 heterocycles. The largest absolute Gasteiger partial charge is 0.465 e. The second-order valence-corrected chi connectivity index (χ2v) is 25.4. The highest BCUT2D eigenvalue weighted by Gasteiger charge is 2.34. The fourth-order valence-corrected chi connectivity index (χ4v) is 10.6. The molecule has 0 unspecified atom stereocenters. The van der Waals surface area contributed by atoms with E-state index in [1.807, 2.05) is 48.5 Å². The number of carbonyl (C=O) groups excluding carboxylic acids is 13. The number of likely N-dealkylation sites (N-methyl/N-ethyl adjacent to an activating group) is 1. The number of nitrogens with two attached hydrogens (primary N) is 1. The minimum absolute atomic E-state index is 0.00211. The third-order valence-electron chi connectivity index (χ3n) is 15.3. The molecule has 0 spiro atoms. The maximum atomic E-state index is 12.3. The highest BCUT2D eigenvalue weighted by molar-refractivity contribution is 6.01. The van der Waals surface area contributed by atoms with Crippen LogP contribution in [0.15, 0.2) is 97.1 Å². The number of hydroxylamine groups is 2. The number of rotatable bonds is 22. The van der Waals surface area contributed by atoms with Gasteiger partial charge in [-0.1, -0.05) is 97.1 Å². The minimum Gasteiger partial charge on any atom is -0.465 e. The van der Waals surface area contributed by atoms with Gasteiger partial charge in [0.2, 0.25) is 17.7 Å². The lowest BCUT2D eigenvalue weighted by Crippen LogP contribution is -2.41. The average Bonchev–Trinajstić information content (AvgIpc) is 1.63. The number of esters is 2. The predicted octanol–water partition coefficient (Wildman–Crippen LogP) is 6.12. The monoisotopic (exact) mass is 1380 g/mol. The fourth-order valence-electron chi connectivity index (χ4n) is 10.6. The molecular formula is C72H97N9O18. The molecular weight excluding hydrogens is 1280 g/mol. The van der Waals surface area contributed by atoms with Gasteiger partial charge < -0.3 is 66.7 Å². The first-order chi connectivity index (χ1) is 46.9. The first-order valence-electron chi connectivity index (χ1n) is 32.9. The summed E-state index contributed by atoms with van der Waals surface area (Å²) in [4.78, 5) is 154. The number of benzene rings is 4. The van der Waals surface area contributed by atoms with Crippen LogP contribution in [-0.4, -0.2) is 166 Å². The van der Waals surface area contributed by atoms with E-state index < -0.39 is 53.0 Å². The van der Waals surface area contributed by atoms with Crippen LogP contribution in [0.2, 0.25) is 0 Å². The lowest BCUT2D eigenvalue weighted by atomic mass is 9.92. The zero-order chi connectivity index (χ0) is 73.2. The molecule has 2 aliphatic heterocycles. The van der Waals surface area contributed by atoms with E-state index in [0.29, 0.717) is 50.8 Å². The van der Waals surface area contributed by atoms with Crippen molar-refractivity contribution in [3.63, 3.8) is 0 Å². The predicted molar refractivity (Wildman–Crippen MR) is 366 cm³/mol. The molecule has 8 rings (SSSR count). The van der Waals surface area contributed by atoms with Gasteiger partial charge in [-0.2, -0.15) is 0 Å². The van der Waals surface area contributed by atoms with Crippen LogP contribution in [0.25, 0.3) is 22.3 Å². The summed E-state index contributed by atoms with van der Waals surface area (Å²) in [6, 6.07) is 33.3. The lowest BCUT2D eigenvalue weighted by Gasteiger charge is -2.19. The van der Waals surface area contributed by atoms with Gasteiger partial charge in [0.15, 0.2) is 0 Å². The molecule has 0 saturated carbocycles. The summed E-state index contributed by atoms with van der Waals surface area (Å²) in [5.74, 6) is -3.78. The summed E-state index contributed by atoms with van der Waals surface area (Å²) < 4.78 is 20.4. The van der Waals surface area contributed by atoms with E-state index in [1.165, 1.54) is 58.4 Å². The van der Waals surface area contributed by atoms with Gasteiger partial charge in [-0.3, -0.25) is 47.9 Å². The van der Waals surface area contributed by atoms with E-state index in [1.54, 1.807) is 55.6 Å². The lowest BCUT2D eigenvalue weighted by molar-refractivity contribution is -0.197. The zero-order valence-corrected chi connectivity index (χ0v) is 58.4. The van der Waals surface area contributed by atoms with Crippen LogP contribution >= 0.6 is 0 Å². The summed E-state index contributed by atoms with van der Waals surface area (Å²) in [5.41, 5.74) is 14.1. The van der Waals surface area contributed by atoms with Gasteiger partial charge in [-0.15, -0.1) is 5.06 Å². The summed E-state index contributed by atoms with van der Waals surface area (Å²) >= 11 is 0. The molecule has 7 amide bonds. The molecule has 2 atom stereocenters. The van der Waals surface area contributed by atoms with Crippen molar-refractivity contribution >= 4 is 77.0 Å². The number of ketones is 3. The summed E-state index contributed by atoms with van der Waals surface area (Å²) in [6.07, 6.45) is 0.939. The number of hydrogen-bond acceptors (Lipinski definition) is 21. The van der Waals surface area contributed by atoms with Crippen LogP contribution < -0.4 is 43.0 Å². The first-order valence-corrected chi connectivity index (χ1v) is 32.9. The Kier molecular flexibility index (Phi) is 34.3. The number of ether oxygens (including phenoxy) is 4. The average molecular weight is 1380 g/mol. The number of fused-ring (bicyclic) bond motifs is 6. The molecule has 0 radical (unpaired) electrons. The van der Waals surface area contributed by atoms with E-state index in [9.17, 15) is 62.3 Å². The molecule has 9 N–H and O–H groups in total. The standard InChI is InChI=1S/C20H32N4O8.2C16H14O2.C11H18N2O3.C9H19N3O3/c1-20(2,3)31-19(30)23-12-15(26)22-10-9-13(14(25)11-21-4)5-8-18(29)32-24-16(27)6-7-17(24)28;2*1-11(17)18-10-16-14-8-4-2-6-12(14)13-7-3-5-9-15(13)16;12-7-10(15)8-1-2-9(14)3-4-11(16)13-6-5-8;1-9(2,3)15-8(14)11-5-7(13)12-6-10-4/h13,21H,5-12H2,1-4H3,(H,22,26)(H,23,30);2*2-9,16H,10H2,1H3;8H,1-7,12H2,(H,13,16);10H,5-6H2,1-4H3,(H,11,14)(H,12,13)/t13-;;;8-;/m1..1./s1. The third-order valence-corrected chi connectivity index (χ3v) is 15.3. The Balaban J connectivity index is 0.000000271. The van der Waals surface area contributed by atoms with Crippen LogP contribution in [0, 0.1) is 11.8 Å². The Morgan fingerprint density at radius 1 is 0.556 bits per heavy atom. The third kappa shape index (κ3) is 29.5. The van der Waals surface area contributed by atoms with Gasteiger partial charge in [0.25, 0.3) is 11.8 Å². The Morgan fingerprint density at radius 3 is 1.41 bits per heavy atom. The van der Waals surface area contributed by atoms with Crippen LogP contribution in [0.4, 0.5) is 9.59 Å². The normalized spacial score (nSPS) is 14.9. The number of nitrogens with zero attached hydrogens (tertiary/aromatic N) is 1. The Morgan fingerprint density at radius 2 is 1.00 bits per heavy atom. The van der Waals surface area contributed by atoms with Crippen molar-refractivity contribution in [3.8, 4) is 22.3 Å². The summed E-state index contributed by atoms with van der Waals surface area (Å²) in [7, 11) is 3.32. The molecule has 0 aromatic heterocycles. The first kappa shape index (κ1) is 81.7. The van der Waals surface area contributed by atoms with E-state index in [0.717, 1.165) is 0 Å². The molecule has 4 aromatic carbocycles. The van der Waals surface area contributed by atoms with Crippen LogP contribution in [0.5, 0.6) is 0 Å². The number of amides is 7. The van der Waals surface area contributed by atoms with Crippen molar-refractivity contribution in [3.05, 3.63) is 119 Å². The van der Waals surface area contributed by atoms with Crippen molar-refractivity contribution < 1.29 is 86.1 Å². The van der Waals surface area contributed by atoms with Gasteiger partial charge in [-0.25, -0.2) is 14.4 Å². The number of imide groups is 1. The van der Waals surface area contributed by atoms with Gasteiger partial charge in [-0.05, 0) is 126 Å². The summed E-state index contributed by atoms with van der Waals surface area (Å²) in [5, 5.41) is 18.5. The van der Waals surface area contributed by atoms with Crippen molar-refractivity contribution in [2.45, 2.75) is 143 Å². The van der Waals surface area contributed by atoms with Crippen molar-refractivity contribution in [1.82, 2.24) is 42.3 Å². The highest BCUT2D eigenvalue weighted by atomic mass is 16.7. The van der Waals surface area contributed by atoms with E-state index >= 15 is 0 Å². The van der Waals surface area contributed by atoms with E-state index in [2.05, 4.69) is 85.7 Å². The molecule has 2 fully saturated rings. The Bertz CT molecular complexity index is 3240. The van der Waals surface area contributed by atoms with Gasteiger partial charge >= 0.3 is 30.1 Å². The second-order valence-electron chi connectivity index (χ2n) is 25.4. The number of carbonyl (C=O) groups is 13. The van der Waals surface area contributed by atoms with Crippen LogP contribution in [-0.2, 0) is 76.5 Å². The minimum atomic E-state index is -0.790. The molecule has 0 bridgehead atoms. The molecule has 538 valence electrons. The highest BCUT2D eigenvalue weighted by Crippen LogP contribution is 2.46. The topological polar surface area (TPSA) is 382 Å². The number of hydrogen-bond donors (Lipinski definition) is 8. The van der Waals surface area contributed by atoms with Crippen molar-refractivity contribution in [2.75, 3.05) is 73.2 Å². The molecule has 99 heavy (non-hydrogen) atoms. The summed E-state index contributed by atoms with van der Waals surface area (Å²) in [6.45, 7) is 14.8. The smallest absolute Gasteiger partial charge is 0.408 e. The van der Waals surface area contributed by atoms with Gasteiger partial charge in [0.1, 0.15) is 48.3 Å². The molecule has 2 saturated heterocycles. The number of Topliss-reactive ketones (excluding diaryl/α,β-unsaturated/α-hetero) is 3. The van der Waals surface area contributed by atoms with E-state index in [-0.39, 0.29) is 137 Å². The number of alkyl carbamates (subject to hydrolysis) is 2. The Hall–Kier alpha value is -9.73. The maximum absolute atomic E-state index is 12.3.